The molecule has 0 spiro atoms. The Morgan fingerprint density at radius 3 is 2.64 bits per heavy atom. The van der Waals surface area contributed by atoms with Crippen molar-refractivity contribution in [3.05, 3.63) is 22.3 Å². The molecule has 0 radical (unpaired) electrons. The first-order valence-corrected chi connectivity index (χ1v) is 7.97. The molecular formula is C16H21BrN2O3. The van der Waals surface area contributed by atoms with Crippen LogP contribution in [0, 0.1) is 0 Å². The van der Waals surface area contributed by atoms with Crippen molar-refractivity contribution >= 4 is 32.9 Å². The second-order valence-electron chi connectivity index (χ2n) is 6.02. The van der Waals surface area contributed by atoms with Crippen molar-refractivity contribution in [3.8, 4) is 5.88 Å². The highest BCUT2D eigenvalue weighted by Gasteiger charge is 2.22. The van der Waals surface area contributed by atoms with E-state index in [-0.39, 0.29) is 17.9 Å². The normalized spacial score (nSPS) is 11.7. The Morgan fingerprint density at radius 2 is 2.09 bits per heavy atom. The first kappa shape index (κ1) is 16.8. The number of hydrogen-bond acceptors (Lipinski definition) is 4. The number of aromatic nitrogens is 2. The van der Waals surface area contributed by atoms with Crippen molar-refractivity contribution in [2.75, 3.05) is 13.7 Å². The summed E-state index contributed by atoms with van der Waals surface area (Å²) in [7, 11) is 1.57. The van der Waals surface area contributed by atoms with Crippen molar-refractivity contribution in [2.45, 2.75) is 39.7 Å². The Labute approximate surface area is 138 Å². The fourth-order valence-corrected chi connectivity index (χ4v) is 2.83. The maximum absolute atomic E-state index is 11.8. The first-order valence-electron chi connectivity index (χ1n) is 7.18. The molecule has 0 saturated carbocycles. The lowest BCUT2D eigenvalue weighted by Crippen LogP contribution is -2.20. The molecule has 0 aliphatic rings. The number of methoxy groups -OCH3 is 1. The van der Waals surface area contributed by atoms with E-state index >= 15 is 0 Å². The van der Waals surface area contributed by atoms with Crippen LogP contribution in [-0.4, -0.2) is 29.2 Å². The molecule has 0 aliphatic heterocycles. The number of rotatable bonds is 4. The second-order valence-corrected chi connectivity index (χ2v) is 6.88. The largest absolute Gasteiger partial charge is 0.480 e. The molecule has 6 heteroatoms. The van der Waals surface area contributed by atoms with Crippen LogP contribution < -0.4 is 4.74 Å². The molecule has 0 aromatic carbocycles. The van der Waals surface area contributed by atoms with Gasteiger partial charge in [-0.2, -0.15) is 0 Å². The lowest BCUT2D eigenvalue weighted by molar-refractivity contribution is -0.142. The molecule has 0 N–H and O–H groups in total. The van der Waals surface area contributed by atoms with Crippen LogP contribution in [0.15, 0.2) is 16.7 Å². The van der Waals surface area contributed by atoms with E-state index in [0.717, 1.165) is 21.1 Å². The standard InChI is InChI=1S/C16H21BrN2O3/c1-6-22-13(20)7-10-9-19(16(2,3)4)12-8-11(17)15(21-5)18-14(10)12/h8-9H,6-7H2,1-5H3. The molecule has 0 fully saturated rings. The van der Waals surface area contributed by atoms with Gasteiger partial charge < -0.3 is 14.0 Å². The molecule has 22 heavy (non-hydrogen) atoms. The fraction of sp³-hybridized carbons (Fsp3) is 0.500. The van der Waals surface area contributed by atoms with Crippen molar-refractivity contribution in [1.82, 2.24) is 9.55 Å². The zero-order valence-electron chi connectivity index (χ0n) is 13.6. The number of carbonyl (C=O) groups is 1. The van der Waals surface area contributed by atoms with Gasteiger partial charge >= 0.3 is 5.97 Å². The summed E-state index contributed by atoms with van der Waals surface area (Å²) in [5.41, 5.74) is 2.44. The van der Waals surface area contributed by atoms with Crippen LogP contribution in [0.4, 0.5) is 0 Å². The molecule has 2 rings (SSSR count). The Balaban J connectivity index is 2.62. The maximum atomic E-state index is 11.8. The van der Waals surface area contributed by atoms with E-state index in [1.807, 2.05) is 12.3 Å². The van der Waals surface area contributed by atoms with Gasteiger partial charge in [0.25, 0.3) is 0 Å². The number of hydrogen-bond donors (Lipinski definition) is 0. The molecule has 0 amide bonds. The van der Waals surface area contributed by atoms with Crippen molar-refractivity contribution in [1.29, 1.82) is 0 Å². The van der Waals surface area contributed by atoms with Crippen LogP contribution in [0.1, 0.15) is 33.3 Å². The molecule has 5 nitrogen and oxygen atoms in total. The number of fused-ring (bicyclic) bond motifs is 1. The summed E-state index contributed by atoms with van der Waals surface area (Å²) < 4.78 is 13.2. The third-order valence-electron chi connectivity index (χ3n) is 3.33. The number of esters is 1. The molecule has 0 saturated heterocycles. The third-order valence-corrected chi connectivity index (χ3v) is 3.90. The predicted octanol–water partition coefficient (Wildman–Crippen LogP) is 3.67. The van der Waals surface area contributed by atoms with Crippen LogP contribution >= 0.6 is 15.9 Å². The topological polar surface area (TPSA) is 53.4 Å². The van der Waals surface area contributed by atoms with Crippen molar-refractivity contribution in [2.24, 2.45) is 0 Å². The molecule has 0 aliphatic carbocycles. The van der Waals surface area contributed by atoms with Gasteiger partial charge in [-0.1, -0.05) is 0 Å². The Kier molecular flexibility index (Phi) is 4.80. The van der Waals surface area contributed by atoms with E-state index in [1.165, 1.54) is 0 Å². The van der Waals surface area contributed by atoms with Crippen molar-refractivity contribution in [3.63, 3.8) is 0 Å². The molecule has 0 bridgehead atoms. The van der Waals surface area contributed by atoms with Crippen LogP contribution in [-0.2, 0) is 21.5 Å². The summed E-state index contributed by atoms with van der Waals surface area (Å²) in [4.78, 5) is 16.4. The van der Waals surface area contributed by atoms with Gasteiger partial charge in [0.2, 0.25) is 5.88 Å². The Morgan fingerprint density at radius 1 is 1.41 bits per heavy atom. The van der Waals surface area contributed by atoms with Gasteiger partial charge in [0.1, 0.15) is 0 Å². The van der Waals surface area contributed by atoms with Crippen molar-refractivity contribution < 1.29 is 14.3 Å². The zero-order valence-corrected chi connectivity index (χ0v) is 15.2. The molecule has 0 unspecified atom stereocenters. The van der Waals surface area contributed by atoms with Crippen LogP contribution in [0.25, 0.3) is 11.0 Å². The van der Waals surface area contributed by atoms with E-state index < -0.39 is 0 Å². The van der Waals surface area contributed by atoms with E-state index in [2.05, 4.69) is 46.3 Å². The highest BCUT2D eigenvalue weighted by molar-refractivity contribution is 9.10. The average molecular weight is 369 g/mol. The van der Waals surface area contributed by atoms with Gasteiger partial charge in [-0.3, -0.25) is 4.79 Å². The van der Waals surface area contributed by atoms with E-state index in [1.54, 1.807) is 14.0 Å². The van der Waals surface area contributed by atoms with Crippen LogP contribution in [0.5, 0.6) is 5.88 Å². The minimum atomic E-state index is -0.251. The molecule has 2 heterocycles. The highest BCUT2D eigenvalue weighted by Crippen LogP contribution is 2.33. The number of ether oxygens (including phenoxy) is 2. The van der Waals surface area contributed by atoms with Gasteiger partial charge in [-0.15, -0.1) is 0 Å². The molecule has 0 atom stereocenters. The number of carbonyl (C=O) groups excluding carboxylic acids is 1. The summed E-state index contributed by atoms with van der Waals surface area (Å²) in [5.74, 6) is 0.253. The minimum absolute atomic E-state index is 0.124. The van der Waals surface area contributed by atoms with Gasteiger partial charge in [0.05, 0.1) is 35.6 Å². The quantitative estimate of drug-likeness (QED) is 0.772. The van der Waals surface area contributed by atoms with Gasteiger partial charge in [-0.05, 0) is 49.7 Å². The highest BCUT2D eigenvalue weighted by atomic mass is 79.9. The minimum Gasteiger partial charge on any atom is -0.480 e. The lowest BCUT2D eigenvalue weighted by atomic mass is 10.1. The average Bonchev–Trinajstić information content (AvgIpc) is 2.76. The first-order chi connectivity index (χ1) is 10.3. The SMILES string of the molecule is CCOC(=O)Cc1cn(C(C)(C)C)c2cc(Br)c(OC)nc12. The molecule has 2 aromatic rings. The van der Waals surface area contributed by atoms with E-state index in [4.69, 9.17) is 9.47 Å². The van der Waals surface area contributed by atoms with Gasteiger partial charge in [-0.25, -0.2) is 4.98 Å². The molecule has 2 aromatic heterocycles. The number of pyridine rings is 1. The van der Waals surface area contributed by atoms with E-state index in [0.29, 0.717) is 12.5 Å². The number of halogens is 1. The molecule has 120 valence electrons. The van der Waals surface area contributed by atoms with Crippen LogP contribution in [0.3, 0.4) is 0 Å². The fourth-order valence-electron chi connectivity index (χ4n) is 2.36. The zero-order chi connectivity index (χ0) is 16.5. The summed E-state index contributed by atoms with van der Waals surface area (Å²) in [6.07, 6.45) is 2.17. The second kappa shape index (κ2) is 6.28. The van der Waals surface area contributed by atoms with Crippen LogP contribution in [0.2, 0.25) is 0 Å². The summed E-state index contributed by atoms with van der Waals surface area (Å²) in [6, 6.07) is 1.97. The summed E-state index contributed by atoms with van der Waals surface area (Å²) >= 11 is 3.47. The molecular weight excluding hydrogens is 348 g/mol. The smallest absolute Gasteiger partial charge is 0.310 e. The lowest BCUT2D eigenvalue weighted by Gasteiger charge is -2.22. The third kappa shape index (κ3) is 3.27. The van der Waals surface area contributed by atoms with E-state index in [9.17, 15) is 4.79 Å². The van der Waals surface area contributed by atoms with Gasteiger partial charge in [0.15, 0.2) is 0 Å². The summed E-state index contributed by atoms with van der Waals surface area (Å²) in [5, 5.41) is 0. The summed E-state index contributed by atoms with van der Waals surface area (Å²) in [6.45, 7) is 8.50. The maximum Gasteiger partial charge on any atom is 0.310 e. The monoisotopic (exact) mass is 368 g/mol. The number of nitrogens with zero attached hydrogens (tertiary/aromatic N) is 2. The predicted molar refractivity (Wildman–Crippen MR) is 89.3 cm³/mol. The Hall–Kier alpha value is -1.56. The van der Waals surface area contributed by atoms with Gasteiger partial charge in [0, 0.05) is 17.3 Å². The Bertz CT molecular complexity index is 701.